The van der Waals surface area contributed by atoms with Crippen LogP contribution in [0, 0.1) is 0 Å². The molecule has 1 saturated heterocycles. The van der Waals surface area contributed by atoms with Gasteiger partial charge in [0.1, 0.15) is 12.1 Å². The molecule has 13 heavy (non-hydrogen) atoms. The maximum Gasteiger partial charge on any atom is 0.406 e. The van der Waals surface area contributed by atoms with Gasteiger partial charge < -0.3 is 15.3 Å². The van der Waals surface area contributed by atoms with E-state index < -0.39 is 37.1 Å². The second-order valence-corrected chi connectivity index (χ2v) is 2.96. The molecular weight excluding hydrogens is 191 g/mol. The third-order valence-corrected chi connectivity index (χ3v) is 2.05. The van der Waals surface area contributed by atoms with Crippen LogP contribution in [0.25, 0.3) is 0 Å². The number of aliphatic hydroxyl groups is 3. The minimum absolute atomic E-state index is 0.648. The molecule has 0 aliphatic carbocycles. The van der Waals surface area contributed by atoms with Gasteiger partial charge in [0, 0.05) is 0 Å². The zero-order valence-electron chi connectivity index (χ0n) is 6.49. The highest BCUT2D eigenvalue weighted by atomic mass is 19.4. The van der Waals surface area contributed by atoms with Gasteiger partial charge in [0.05, 0.1) is 18.8 Å². The summed E-state index contributed by atoms with van der Waals surface area (Å²) in [7, 11) is 0. The lowest BCUT2D eigenvalue weighted by Crippen LogP contribution is -2.46. The highest BCUT2D eigenvalue weighted by Gasteiger charge is 2.53. The van der Waals surface area contributed by atoms with E-state index in [0.29, 0.717) is 0 Å². The van der Waals surface area contributed by atoms with E-state index in [0.717, 1.165) is 0 Å². The molecule has 4 nitrogen and oxygen atoms in total. The molecule has 0 aromatic carbocycles. The molecule has 1 heterocycles. The SMILES string of the molecule is OC[C@@H]1N[C@@H](C(F)(F)F)[C@H](O)[C@@H]1O. The molecule has 4 atom stereocenters. The van der Waals surface area contributed by atoms with Crippen molar-refractivity contribution in [2.24, 2.45) is 0 Å². The lowest BCUT2D eigenvalue weighted by molar-refractivity contribution is -0.174. The van der Waals surface area contributed by atoms with Crippen LogP contribution in [0.2, 0.25) is 0 Å². The van der Waals surface area contributed by atoms with Crippen molar-refractivity contribution in [3.05, 3.63) is 0 Å². The first kappa shape index (κ1) is 10.7. The van der Waals surface area contributed by atoms with E-state index in [2.05, 4.69) is 0 Å². The first-order chi connectivity index (χ1) is 5.88. The summed E-state index contributed by atoms with van der Waals surface area (Å²) >= 11 is 0. The van der Waals surface area contributed by atoms with Crippen molar-refractivity contribution in [1.29, 1.82) is 0 Å². The fourth-order valence-corrected chi connectivity index (χ4v) is 1.31. The number of aliphatic hydroxyl groups excluding tert-OH is 3. The summed E-state index contributed by atoms with van der Waals surface area (Å²) in [6, 6.07) is -3.29. The predicted octanol–water partition coefficient (Wildman–Crippen LogP) is -1.40. The molecule has 0 bridgehead atoms. The fraction of sp³-hybridized carbons (Fsp3) is 1.00. The molecule has 0 amide bonds. The van der Waals surface area contributed by atoms with Crippen molar-refractivity contribution < 1.29 is 28.5 Å². The molecule has 0 radical (unpaired) electrons. The van der Waals surface area contributed by atoms with Crippen LogP contribution >= 0.6 is 0 Å². The van der Waals surface area contributed by atoms with Crippen LogP contribution in [0.15, 0.2) is 0 Å². The molecular formula is C6H10F3NO3. The van der Waals surface area contributed by atoms with Crippen LogP contribution < -0.4 is 5.32 Å². The van der Waals surface area contributed by atoms with E-state index in [9.17, 15) is 13.2 Å². The molecule has 0 unspecified atom stereocenters. The highest BCUT2D eigenvalue weighted by Crippen LogP contribution is 2.29. The lowest BCUT2D eigenvalue weighted by Gasteiger charge is -2.18. The smallest absolute Gasteiger partial charge is 0.395 e. The molecule has 1 fully saturated rings. The molecule has 0 aromatic rings. The van der Waals surface area contributed by atoms with Crippen molar-refractivity contribution in [1.82, 2.24) is 5.32 Å². The summed E-state index contributed by atoms with van der Waals surface area (Å²) in [5, 5.41) is 28.4. The lowest BCUT2D eigenvalue weighted by atomic mass is 10.1. The van der Waals surface area contributed by atoms with E-state index in [1.807, 2.05) is 5.32 Å². The van der Waals surface area contributed by atoms with Crippen LogP contribution in [0.4, 0.5) is 13.2 Å². The Balaban J connectivity index is 2.71. The van der Waals surface area contributed by atoms with Gasteiger partial charge >= 0.3 is 6.18 Å². The quantitative estimate of drug-likeness (QED) is 0.421. The van der Waals surface area contributed by atoms with E-state index in [1.165, 1.54) is 0 Å². The Morgan fingerprint density at radius 2 is 1.69 bits per heavy atom. The summed E-state index contributed by atoms with van der Waals surface area (Å²) in [6.45, 7) is -0.648. The van der Waals surface area contributed by atoms with Crippen LogP contribution in [0.5, 0.6) is 0 Å². The van der Waals surface area contributed by atoms with Crippen LogP contribution in [-0.2, 0) is 0 Å². The Morgan fingerprint density at radius 1 is 1.15 bits per heavy atom. The topological polar surface area (TPSA) is 72.7 Å². The summed E-state index contributed by atoms with van der Waals surface area (Å²) in [5.74, 6) is 0. The normalized spacial score (nSPS) is 41.1. The summed E-state index contributed by atoms with van der Waals surface area (Å²) in [6.07, 6.45) is -8.13. The molecule has 4 N–H and O–H groups in total. The predicted molar refractivity (Wildman–Crippen MR) is 35.9 cm³/mol. The summed E-state index contributed by atoms with van der Waals surface area (Å²) in [4.78, 5) is 0. The largest absolute Gasteiger partial charge is 0.406 e. The molecule has 0 spiro atoms. The molecule has 1 aliphatic heterocycles. The van der Waals surface area contributed by atoms with E-state index in [-0.39, 0.29) is 0 Å². The summed E-state index contributed by atoms with van der Waals surface area (Å²) in [5.41, 5.74) is 0. The Hall–Kier alpha value is -0.370. The number of hydrogen-bond donors (Lipinski definition) is 4. The highest BCUT2D eigenvalue weighted by molar-refractivity contribution is 5.00. The monoisotopic (exact) mass is 201 g/mol. The Labute approximate surface area is 72.0 Å². The van der Waals surface area contributed by atoms with Gasteiger partial charge in [-0.25, -0.2) is 0 Å². The van der Waals surface area contributed by atoms with E-state index in [1.54, 1.807) is 0 Å². The van der Waals surface area contributed by atoms with Gasteiger partial charge in [0.15, 0.2) is 0 Å². The maximum atomic E-state index is 12.1. The first-order valence-electron chi connectivity index (χ1n) is 3.67. The molecule has 78 valence electrons. The van der Waals surface area contributed by atoms with Crippen LogP contribution in [-0.4, -0.2) is 52.4 Å². The third kappa shape index (κ3) is 1.93. The van der Waals surface area contributed by atoms with Gasteiger partial charge in [-0.1, -0.05) is 0 Å². The molecule has 7 heteroatoms. The van der Waals surface area contributed by atoms with Crippen LogP contribution in [0.1, 0.15) is 0 Å². The molecule has 1 rings (SSSR count). The van der Waals surface area contributed by atoms with Gasteiger partial charge in [0.25, 0.3) is 0 Å². The van der Waals surface area contributed by atoms with Gasteiger partial charge in [-0.2, -0.15) is 13.2 Å². The van der Waals surface area contributed by atoms with Crippen molar-refractivity contribution in [3.63, 3.8) is 0 Å². The van der Waals surface area contributed by atoms with Gasteiger partial charge in [-0.05, 0) is 0 Å². The fourth-order valence-electron chi connectivity index (χ4n) is 1.31. The van der Waals surface area contributed by atoms with Crippen molar-refractivity contribution >= 4 is 0 Å². The average molecular weight is 201 g/mol. The maximum absolute atomic E-state index is 12.1. The molecule has 0 aromatic heterocycles. The van der Waals surface area contributed by atoms with Gasteiger partial charge in [0.2, 0.25) is 0 Å². The number of alkyl halides is 3. The molecule has 0 saturated carbocycles. The average Bonchev–Trinajstić information content (AvgIpc) is 2.28. The zero-order valence-corrected chi connectivity index (χ0v) is 6.49. The van der Waals surface area contributed by atoms with E-state index in [4.69, 9.17) is 15.3 Å². The van der Waals surface area contributed by atoms with Crippen molar-refractivity contribution in [3.8, 4) is 0 Å². The standard InChI is InChI=1S/C6H10F3NO3/c7-6(8,9)5-4(13)3(12)2(1-11)10-5/h2-5,10-13H,1H2/t2-,3+,4+,5+/m0/s1. The number of halogens is 3. The zero-order chi connectivity index (χ0) is 10.2. The van der Waals surface area contributed by atoms with Crippen LogP contribution in [0.3, 0.4) is 0 Å². The first-order valence-corrected chi connectivity index (χ1v) is 3.67. The minimum atomic E-state index is -4.62. The number of hydrogen-bond acceptors (Lipinski definition) is 4. The Morgan fingerprint density at radius 3 is 1.92 bits per heavy atom. The van der Waals surface area contributed by atoms with Gasteiger partial charge in [-0.3, -0.25) is 5.32 Å². The van der Waals surface area contributed by atoms with E-state index >= 15 is 0 Å². The van der Waals surface area contributed by atoms with Gasteiger partial charge in [-0.15, -0.1) is 0 Å². The Bertz CT molecular complexity index is 186. The van der Waals surface area contributed by atoms with Crippen molar-refractivity contribution in [2.75, 3.05) is 6.61 Å². The minimum Gasteiger partial charge on any atom is -0.395 e. The second-order valence-electron chi connectivity index (χ2n) is 2.96. The summed E-state index contributed by atoms with van der Waals surface area (Å²) < 4.78 is 36.2. The Kier molecular flexibility index (Phi) is 2.81. The molecule has 1 aliphatic rings. The second kappa shape index (κ2) is 3.41. The number of nitrogens with one attached hydrogen (secondary N) is 1. The number of rotatable bonds is 1. The third-order valence-electron chi connectivity index (χ3n) is 2.05. The van der Waals surface area contributed by atoms with Crippen molar-refractivity contribution in [2.45, 2.75) is 30.5 Å².